The molecule has 6 aromatic rings. The quantitative estimate of drug-likeness (QED) is 0.274. The maximum atomic E-state index is 13.8. The Bertz CT molecular complexity index is 2230. The van der Waals surface area contributed by atoms with E-state index in [4.69, 9.17) is 4.52 Å². The van der Waals surface area contributed by atoms with Crippen LogP contribution in [0.15, 0.2) is 87.2 Å². The van der Waals surface area contributed by atoms with Crippen LogP contribution in [0, 0.1) is 6.92 Å². The Labute approximate surface area is 257 Å². The summed E-state index contributed by atoms with van der Waals surface area (Å²) in [4.78, 5) is 52.6. The van der Waals surface area contributed by atoms with Gasteiger partial charge in [-0.3, -0.25) is 23.9 Å². The second kappa shape index (κ2) is 11.3. The van der Waals surface area contributed by atoms with Gasteiger partial charge in [0, 0.05) is 68.5 Å². The molecule has 0 bridgehead atoms. The number of amides is 2. The average Bonchev–Trinajstić information content (AvgIpc) is 3.67. The van der Waals surface area contributed by atoms with Crippen molar-refractivity contribution >= 4 is 34.2 Å². The van der Waals surface area contributed by atoms with Crippen molar-refractivity contribution in [2.24, 2.45) is 21.1 Å². The van der Waals surface area contributed by atoms with Crippen molar-refractivity contribution in [1.29, 1.82) is 0 Å². The second-order valence-electron chi connectivity index (χ2n) is 10.8. The molecule has 45 heavy (non-hydrogen) atoms. The minimum absolute atomic E-state index is 0.0134. The molecule has 2 N–H and O–H groups in total. The molecule has 4 heterocycles. The zero-order valence-electron chi connectivity index (χ0n) is 25.4. The summed E-state index contributed by atoms with van der Waals surface area (Å²) in [7, 11) is 4.92. The molecule has 0 aliphatic rings. The van der Waals surface area contributed by atoms with Gasteiger partial charge in [0.2, 0.25) is 0 Å². The Kier molecular flexibility index (Phi) is 7.33. The summed E-state index contributed by atoms with van der Waals surface area (Å²) in [6, 6.07) is 17.6. The molecule has 228 valence electrons. The summed E-state index contributed by atoms with van der Waals surface area (Å²) < 4.78 is 11.5. The number of carbonyl (C=O) groups excluding carboxylic acids is 2. The molecule has 2 aromatic carbocycles. The Balaban J connectivity index is 1.35. The van der Waals surface area contributed by atoms with Crippen LogP contribution in [0.4, 0.5) is 11.5 Å². The van der Waals surface area contributed by atoms with Crippen LogP contribution in [-0.2, 0) is 27.7 Å². The van der Waals surface area contributed by atoms with Crippen LogP contribution in [-0.4, -0.2) is 35.5 Å². The third-order valence-corrected chi connectivity index (χ3v) is 7.71. The van der Waals surface area contributed by atoms with Gasteiger partial charge in [-0.25, -0.2) is 0 Å². The van der Waals surface area contributed by atoms with Gasteiger partial charge in [-0.15, -0.1) is 0 Å². The SMILES string of the molecule is CCn1c(-c2ccc(-c3c(C)on(C)c3=O)cc2)cc2cn(C)c(=O)c(C(=O)Nc3cccc(C(=O)Nc4ccn(C)n4)c3)c21. The molecular formula is C33H31N7O5. The largest absolute Gasteiger partial charge is 0.381 e. The molecule has 0 saturated heterocycles. The highest BCUT2D eigenvalue weighted by Crippen LogP contribution is 2.31. The van der Waals surface area contributed by atoms with Gasteiger partial charge < -0.3 is 24.3 Å². The minimum Gasteiger partial charge on any atom is -0.381 e. The molecule has 0 spiro atoms. The number of nitrogens with one attached hydrogen (secondary N) is 2. The van der Waals surface area contributed by atoms with E-state index in [2.05, 4.69) is 15.7 Å². The standard InChI is InChI=1S/C33H31N7O5/c1-6-40-25(20-10-12-21(13-11-20)27-19(2)45-39(5)33(27)44)17-23-18-37(3)32(43)28(29(23)40)31(42)34-24-9-7-8-22(16-24)30(41)35-26-14-15-38(4)36-26/h7-18H,6H2,1-5H3,(H,34,42)(H,35,36,41). The van der Waals surface area contributed by atoms with Gasteiger partial charge >= 0.3 is 0 Å². The third kappa shape index (κ3) is 5.26. The van der Waals surface area contributed by atoms with Gasteiger partial charge in [0.1, 0.15) is 11.3 Å². The van der Waals surface area contributed by atoms with Crippen molar-refractivity contribution in [3.8, 4) is 22.4 Å². The third-order valence-electron chi connectivity index (χ3n) is 7.71. The highest BCUT2D eigenvalue weighted by molar-refractivity contribution is 6.13. The first kappa shape index (κ1) is 29.2. The average molecular weight is 606 g/mol. The molecule has 0 aliphatic carbocycles. The van der Waals surface area contributed by atoms with Crippen LogP contribution in [0.3, 0.4) is 0 Å². The first-order valence-corrected chi connectivity index (χ1v) is 14.3. The number of anilines is 2. The summed E-state index contributed by atoms with van der Waals surface area (Å²) in [5.74, 6) is -0.0479. The molecule has 6 rings (SSSR count). The summed E-state index contributed by atoms with van der Waals surface area (Å²) in [6.07, 6.45) is 3.42. The molecule has 2 amide bonds. The summed E-state index contributed by atoms with van der Waals surface area (Å²) >= 11 is 0. The molecular weight excluding hydrogens is 574 g/mol. The second-order valence-corrected chi connectivity index (χ2v) is 10.8. The lowest BCUT2D eigenvalue weighted by Crippen LogP contribution is -2.28. The molecule has 12 heteroatoms. The number of rotatable bonds is 7. The molecule has 0 radical (unpaired) electrons. The van der Waals surface area contributed by atoms with Crippen LogP contribution in [0.2, 0.25) is 0 Å². The first-order chi connectivity index (χ1) is 21.5. The van der Waals surface area contributed by atoms with E-state index in [-0.39, 0.29) is 17.0 Å². The maximum absolute atomic E-state index is 13.8. The first-order valence-electron chi connectivity index (χ1n) is 14.3. The number of hydrogen-bond acceptors (Lipinski definition) is 6. The van der Waals surface area contributed by atoms with Gasteiger partial charge in [0.15, 0.2) is 5.82 Å². The Morgan fingerprint density at radius 1 is 0.889 bits per heavy atom. The van der Waals surface area contributed by atoms with Gasteiger partial charge in [0.25, 0.3) is 22.9 Å². The predicted molar refractivity (Wildman–Crippen MR) is 172 cm³/mol. The molecule has 0 atom stereocenters. The van der Waals surface area contributed by atoms with Crippen LogP contribution in [0.5, 0.6) is 0 Å². The number of fused-ring (bicyclic) bond motifs is 1. The van der Waals surface area contributed by atoms with Crippen molar-refractivity contribution in [3.05, 3.63) is 111 Å². The molecule has 0 saturated carbocycles. The van der Waals surface area contributed by atoms with E-state index >= 15 is 0 Å². The van der Waals surface area contributed by atoms with E-state index < -0.39 is 11.5 Å². The lowest BCUT2D eigenvalue weighted by molar-refractivity contribution is 0.101. The van der Waals surface area contributed by atoms with Crippen molar-refractivity contribution in [2.45, 2.75) is 20.4 Å². The van der Waals surface area contributed by atoms with E-state index in [0.29, 0.717) is 45.8 Å². The van der Waals surface area contributed by atoms with E-state index in [1.807, 2.05) is 41.8 Å². The maximum Gasteiger partial charge on any atom is 0.290 e. The van der Waals surface area contributed by atoms with E-state index in [1.165, 1.54) is 9.31 Å². The Morgan fingerprint density at radius 2 is 1.62 bits per heavy atom. The number of nitrogens with zero attached hydrogens (tertiary/aromatic N) is 5. The summed E-state index contributed by atoms with van der Waals surface area (Å²) in [5.41, 5.74) is 3.38. The smallest absolute Gasteiger partial charge is 0.290 e. The Morgan fingerprint density at radius 3 is 2.27 bits per heavy atom. The fraction of sp³-hybridized carbons (Fsp3) is 0.182. The molecule has 0 unspecified atom stereocenters. The summed E-state index contributed by atoms with van der Waals surface area (Å²) in [5, 5.41) is 10.4. The predicted octanol–water partition coefficient (Wildman–Crippen LogP) is 4.53. The van der Waals surface area contributed by atoms with Crippen LogP contribution >= 0.6 is 0 Å². The normalized spacial score (nSPS) is 11.2. The fourth-order valence-electron chi connectivity index (χ4n) is 5.60. The van der Waals surface area contributed by atoms with E-state index in [9.17, 15) is 19.2 Å². The van der Waals surface area contributed by atoms with Crippen molar-refractivity contribution < 1.29 is 14.1 Å². The minimum atomic E-state index is -0.593. The van der Waals surface area contributed by atoms with Gasteiger partial charge in [0.05, 0.1) is 11.1 Å². The van der Waals surface area contributed by atoms with Gasteiger partial charge in [-0.1, -0.05) is 30.3 Å². The number of hydrogen-bond donors (Lipinski definition) is 2. The number of aromatic nitrogens is 5. The van der Waals surface area contributed by atoms with Crippen molar-refractivity contribution in [2.75, 3.05) is 10.6 Å². The van der Waals surface area contributed by atoms with Crippen LogP contribution in [0.25, 0.3) is 33.3 Å². The van der Waals surface area contributed by atoms with Crippen LogP contribution < -0.4 is 21.8 Å². The highest BCUT2D eigenvalue weighted by atomic mass is 16.5. The van der Waals surface area contributed by atoms with Crippen molar-refractivity contribution in [3.63, 3.8) is 0 Å². The van der Waals surface area contributed by atoms with Crippen molar-refractivity contribution in [1.82, 2.24) is 23.7 Å². The summed E-state index contributed by atoms with van der Waals surface area (Å²) in [6.45, 7) is 4.18. The molecule has 0 aliphatic heterocycles. The lowest BCUT2D eigenvalue weighted by atomic mass is 10.0. The zero-order chi connectivity index (χ0) is 32.0. The lowest BCUT2D eigenvalue weighted by Gasteiger charge is -2.13. The number of benzene rings is 2. The monoisotopic (exact) mass is 605 g/mol. The zero-order valence-corrected chi connectivity index (χ0v) is 25.4. The van der Waals surface area contributed by atoms with E-state index in [1.54, 1.807) is 75.5 Å². The molecule has 0 fully saturated rings. The number of carbonyl (C=O) groups is 2. The number of aryl methyl sites for hydroxylation is 5. The molecule has 4 aromatic heterocycles. The van der Waals surface area contributed by atoms with E-state index in [0.717, 1.165) is 16.8 Å². The number of pyridine rings is 1. The van der Waals surface area contributed by atoms with Gasteiger partial charge in [-0.05, 0) is 49.2 Å². The topological polar surface area (TPSA) is 138 Å². The van der Waals surface area contributed by atoms with Crippen LogP contribution in [0.1, 0.15) is 33.4 Å². The fourth-order valence-corrected chi connectivity index (χ4v) is 5.60. The Hall–Kier alpha value is -5.91. The highest BCUT2D eigenvalue weighted by Gasteiger charge is 2.23. The molecule has 12 nitrogen and oxygen atoms in total. The van der Waals surface area contributed by atoms with Gasteiger partial charge in [-0.2, -0.15) is 9.84 Å².